The summed E-state index contributed by atoms with van der Waals surface area (Å²) in [5.74, 6) is -0.895. The zero-order valence-electron chi connectivity index (χ0n) is 22.5. The molecule has 1 N–H and O–H groups in total. The minimum Gasteiger partial charge on any atom is -0.423 e. The number of hydrogen-bond acceptors (Lipinski definition) is 7. The molecule has 1 fully saturated rings. The summed E-state index contributed by atoms with van der Waals surface area (Å²) in [7, 11) is -2.25. The predicted molar refractivity (Wildman–Crippen MR) is 155 cm³/mol. The van der Waals surface area contributed by atoms with E-state index in [4.69, 9.17) is 9.15 Å². The number of amides is 2. The molecule has 1 saturated heterocycles. The van der Waals surface area contributed by atoms with E-state index in [0.29, 0.717) is 61.2 Å². The average Bonchev–Trinajstić information content (AvgIpc) is 3.26. The fourth-order valence-corrected chi connectivity index (χ4v) is 7.27. The summed E-state index contributed by atoms with van der Waals surface area (Å²) in [4.78, 5) is 39.8. The van der Waals surface area contributed by atoms with Crippen LogP contribution in [0, 0.1) is 5.92 Å². The van der Waals surface area contributed by atoms with Crippen LogP contribution in [-0.2, 0) is 19.6 Å². The molecule has 1 unspecified atom stereocenters. The van der Waals surface area contributed by atoms with Gasteiger partial charge in [0.2, 0.25) is 15.9 Å². The van der Waals surface area contributed by atoms with Crippen molar-refractivity contribution >= 4 is 55.0 Å². The van der Waals surface area contributed by atoms with E-state index in [0.717, 1.165) is 16.5 Å². The Bertz CT molecular complexity index is 1850. The molecule has 1 atom stereocenters. The Hall–Kier alpha value is -4.06. The number of carbonyl (C=O) groups is 2. The molecule has 212 valence electrons. The van der Waals surface area contributed by atoms with Gasteiger partial charge in [-0.2, -0.15) is 4.31 Å². The molecule has 2 aliphatic rings. The van der Waals surface area contributed by atoms with Crippen molar-refractivity contribution in [3.63, 3.8) is 0 Å². The number of rotatable bonds is 8. The van der Waals surface area contributed by atoms with Crippen molar-refractivity contribution < 1.29 is 27.2 Å². The van der Waals surface area contributed by atoms with Crippen LogP contribution in [0.15, 0.2) is 74.8 Å². The van der Waals surface area contributed by atoms with Crippen molar-refractivity contribution in [2.24, 2.45) is 5.92 Å². The number of anilines is 2. The lowest BCUT2D eigenvalue weighted by Gasteiger charge is -2.31. The van der Waals surface area contributed by atoms with Crippen LogP contribution in [0.4, 0.5) is 11.4 Å². The van der Waals surface area contributed by atoms with E-state index in [1.165, 1.54) is 34.6 Å². The molecule has 1 aromatic heterocycles. The Morgan fingerprint density at radius 3 is 2.78 bits per heavy atom. The summed E-state index contributed by atoms with van der Waals surface area (Å²) in [6, 6.07) is 16.2. The summed E-state index contributed by atoms with van der Waals surface area (Å²) in [5, 5.41) is 5.07. The third-order valence-electron chi connectivity index (χ3n) is 7.76. The average molecular weight is 576 g/mol. The summed E-state index contributed by atoms with van der Waals surface area (Å²) in [6.45, 7) is 1.42. The van der Waals surface area contributed by atoms with Gasteiger partial charge in [-0.25, -0.2) is 13.2 Å². The summed E-state index contributed by atoms with van der Waals surface area (Å²) < 4.78 is 38.6. The van der Waals surface area contributed by atoms with Crippen LogP contribution in [0.1, 0.15) is 29.6 Å². The van der Waals surface area contributed by atoms with E-state index in [1.807, 2.05) is 12.1 Å². The Morgan fingerprint density at radius 2 is 1.95 bits per heavy atom. The minimum absolute atomic E-state index is 0.0447. The zero-order chi connectivity index (χ0) is 28.7. The number of piperidine rings is 1. The molecule has 41 heavy (non-hydrogen) atoms. The molecule has 0 aliphatic carbocycles. The first-order valence-corrected chi connectivity index (χ1v) is 14.9. The van der Waals surface area contributed by atoms with Crippen molar-refractivity contribution in [2.75, 3.05) is 43.6 Å². The van der Waals surface area contributed by atoms with Crippen LogP contribution in [-0.4, -0.2) is 57.9 Å². The van der Waals surface area contributed by atoms with Gasteiger partial charge in [0, 0.05) is 66.8 Å². The quantitative estimate of drug-likeness (QED) is 0.249. The maximum atomic E-state index is 13.5. The van der Waals surface area contributed by atoms with Gasteiger partial charge in [-0.3, -0.25) is 9.59 Å². The van der Waals surface area contributed by atoms with Crippen molar-refractivity contribution in [3.8, 4) is 0 Å². The highest BCUT2D eigenvalue weighted by atomic mass is 32.2. The smallest absolute Gasteiger partial charge is 0.336 e. The third-order valence-corrected chi connectivity index (χ3v) is 9.62. The van der Waals surface area contributed by atoms with E-state index in [-0.39, 0.29) is 23.3 Å². The van der Waals surface area contributed by atoms with Gasteiger partial charge in [-0.15, -0.1) is 0 Å². The molecule has 2 aliphatic heterocycles. The van der Waals surface area contributed by atoms with Crippen LogP contribution in [0.3, 0.4) is 0 Å². The van der Waals surface area contributed by atoms with Gasteiger partial charge in [-0.05, 0) is 61.7 Å². The zero-order valence-corrected chi connectivity index (χ0v) is 23.3. The molecule has 3 aromatic carbocycles. The lowest BCUT2D eigenvalue weighted by atomic mass is 9.98. The second kappa shape index (κ2) is 10.7. The maximum absolute atomic E-state index is 13.5. The van der Waals surface area contributed by atoms with Crippen molar-refractivity contribution in [3.05, 3.63) is 76.6 Å². The number of hydrogen-bond donors (Lipinski definition) is 1. The van der Waals surface area contributed by atoms with Crippen LogP contribution in [0.2, 0.25) is 0 Å². The number of nitrogens with zero attached hydrogens (tertiary/aromatic N) is 2. The topological polar surface area (TPSA) is 126 Å². The Kier molecular flexibility index (Phi) is 7.10. The maximum Gasteiger partial charge on any atom is 0.336 e. The lowest BCUT2D eigenvalue weighted by molar-refractivity contribution is -0.120. The Morgan fingerprint density at radius 1 is 1.10 bits per heavy atom. The number of carbonyl (C=O) groups excluding carboxylic acids is 2. The molecule has 0 radical (unpaired) electrons. The Labute approximate surface area is 236 Å². The minimum atomic E-state index is -3.88. The van der Waals surface area contributed by atoms with E-state index >= 15 is 0 Å². The molecular formula is C30H29N3O7S. The number of methoxy groups -OCH3 is 1. The second-order valence-electron chi connectivity index (χ2n) is 10.3. The molecule has 0 spiro atoms. The summed E-state index contributed by atoms with van der Waals surface area (Å²) in [6.07, 6.45) is 1.79. The third kappa shape index (κ3) is 4.90. The SMILES string of the molecule is COCCCN1C(=O)c2cccc3c(NC(=O)C4CCCN(S(=O)(=O)c5ccc6oc(=O)ccc6c5)C4)ccc1c23. The fraction of sp³-hybridized carbons (Fsp3) is 0.300. The molecular weight excluding hydrogens is 546 g/mol. The van der Waals surface area contributed by atoms with E-state index in [1.54, 1.807) is 30.2 Å². The van der Waals surface area contributed by atoms with Crippen molar-refractivity contribution in [1.82, 2.24) is 4.31 Å². The van der Waals surface area contributed by atoms with Crippen molar-refractivity contribution in [1.29, 1.82) is 0 Å². The van der Waals surface area contributed by atoms with Crippen LogP contribution >= 0.6 is 0 Å². The number of benzene rings is 3. The molecule has 2 amide bonds. The lowest BCUT2D eigenvalue weighted by Crippen LogP contribution is -2.43. The van der Waals surface area contributed by atoms with Gasteiger partial charge >= 0.3 is 5.63 Å². The van der Waals surface area contributed by atoms with Crippen LogP contribution in [0.5, 0.6) is 0 Å². The van der Waals surface area contributed by atoms with E-state index in [9.17, 15) is 22.8 Å². The van der Waals surface area contributed by atoms with Crippen molar-refractivity contribution in [2.45, 2.75) is 24.2 Å². The van der Waals surface area contributed by atoms with Gasteiger partial charge in [0.15, 0.2) is 0 Å². The molecule has 6 rings (SSSR count). The number of sulfonamides is 1. The van der Waals surface area contributed by atoms with E-state index in [2.05, 4.69) is 5.32 Å². The first-order chi connectivity index (χ1) is 19.8. The molecule has 4 aromatic rings. The summed E-state index contributed by atoms with van der Waals surface area (Å²) >= 11 is 0. The van der Waals surface area contributed by atoms with Gasteiger partial charge in [0.25, 0.3) is 5.91 Å². The monoisotopic (exact) mass is 575 g/mol. The molecule has 11 heteroatoms. The molecule has 10 nitrogen and oxygen atoms in total. The first kappa shape index (κ1) is 27.1. The highest BCUT2D eigenvalue weighted by Gasteiger charge is 2.35. The fourth-order valence-electron chi connectivity index (χ4n) is 5.71. The molecule has 3 heterocycles. The largest absolute Gasteiger partial charge is 0.423 e. The second-order valence-corrected chi connectivity index (χ2v) is 12.2. The first-order valence-electron chi connectivity index (χ1n) is 13.5. The van der Waals surface area contributed by atoms with Crippen LogP contribution < -0.4 is 15.8 Å². The molecule has 0 saturated carbocycles. The predicted octanol–water partition coefficient (Wildman–Crippen LogP) is 3.98. The van der Waals surface area contributed by atoms with Crippen LogP contribution in [0.25, 0.3) is 21.7 Å². The number of nitrogens with one attached hydrogen (secondary N) is 1. The van der Waals surface area contributed by atoms with Gasteiger partial charge < -0.3 is 19.4 Å². The normalized spacial score (nSPS) is 17.4. The number of ether oxygens (including phenoxy) is 1. The molecule has 0 bridgehead atoms. The standard InChI is InChI=1S/C30H29N3O7S/c1-39-16-4-15-33-25-11-10-24(22-6-2-7-23(28(22)25)30(33)36)31-29(35)20-5-3-14-32(18-20)41(37,38)21-9-12-26-19(17-21)8-13-27(34)40-26/h2,6-13,17,20H,3-5,14-16,18H2,1H3,(H,31,35). The summed E-state index contributed by atoms with van der Waals surface area (Å²) in [5.41, 5.74) is 1.77. The van der Waals surface area contributed by atoms with Gasteiger partial charge in [0.05, 0.1) is 16.5 Å². The highest BCUT2D eigenvalue weighted by molar-refractivity contribution is 7.89. The number of fused-ring (bicyclic) bond motifs is 1. The Balaban J connectivity index is 1.22. The van der Waals surface area contributed by atoms with E-state index < -0.39 is 21.6 Å². The van der Waals surface area contributed by atoms with Gasteiger partial charge in [0.1, 0.15) is 5.58 Å². The highest BCUT2D eigenvalue weighted by Crippen LogP contribution is 2.41. The van der Waals surface area contributed by atoms with Gasteiger partial charge in [-0.1, -0.05) is 12.1 Å².